The number of nitrogens with zero attached hydrogens (tertiary/aromatic N) is 2. The first-order valence-corrected chi connectivity index (χ1v) is 5.39. The molecule has 1 heterocycles. The van der Waals surface area contributed by atoms with Gasteiger partial charge in [-0.3, -0.25) is 0 Å². The lowest BCUT2D eigenvalue weighted by atomic mass is 10.2. The number of rotatable bonds is 6. The lowest BCUT2D eigenvalue weighted by Gasteiger charge is -2.17. The number of halogens is 1. The van der Waals surface area contributed by atoms with Crippen LogP contribution in [0.4, 0.5) is 5.82 Å². The minimum absolute atomic E-state index is 0.0474. The van der Waals surface area contributed by atoms with Crippen LogP contribution in [0.3, 0.4) is 0 Å². The van der Waals surface area contributed by atoms with Gasteiger partial charge in [-0.05, 0) is 22.4 Å². The molecule has 1 rings (SSSR count). The van der Waals surface area contributed by atoms with E-state index in [4.69, 9.17) is 9.84 Å². The fraction of sp³-hybridized carbons (Fsp3) is 0.556. The van der Waals surface area contributed by atoms with Crippen LogP contribution in [0.5, 0.6) is 0 Å². The smallest absolute Gasteiger partial charge is 0.144 e. The molecule has 0 aliphatic heterocycles. The average molecular weight is 276 g/mol. The normalized spacial score (nSPS) is 12.5. The van der Waals surface area contributed by atoms with E-state index in [2.05, 4.69) is 31.2 Å². The van der Waals surface area contributed by atoms with Crippen molar-refractivity contribution in [1.29, 1.82) is 0 Å². The first-order chi connectivity index (χ1) is 7.27. The summed E-state index contributed by atoms with van der Waals surface area (Å²) in [7, 11) is 1.63. The van der Waals surface area contributed by atoms with Gasteiger partial charge in [0.25, 0.3) is 0 Å². The number of hydrogen-bond donors (Lipinski definition) is 2. The number of ether oxygens (including phenoxy) is 1. The van der Waals surface area contributed by atoms with Gasteiger partial charge in [0.15, 0.2) is 0 Å². The summed E-state index contributed by atoms with van der Waals surface area (Å²) in [6, 6.07) is 0.0474. The van der Waals surface area contributed by atoms with Crippen molar-refractivity contribution in [2.45, 2.75) is 12.5 Å². The quantitative estimate of drug-likeness (QED) is 0.813. The predicted octanol–water partition coefficient (Wildman–Crippen LogP) is 1.05. The molecule has 0 aliphatic carbocycles. The number of nitrogens with one attached hydrogen (secondary N) is 1. The third kappa shape index (κ3) is 4.11. The van der Waals surface area contributed by atoms with E-state index >= 15 is 0 Å². The molecule has 1 aromatic rings. The number of aromatic nitrogens is 2. The predicted molar refractivity (Wildman–Crippen MR) is 60.7 cm³/mol. The summed E-state index contributed by atoms with van der Waals surface area (Å²) in [5.41, 5.74) is 0. The van der Waals surface area contributed by atoms with Crippen molar-refractivity contribution in [3.63, 3.8) is 0 Å². The Bertz CT molecular complexity index is 292. The highest BCUT2D eigenvalue weighted by molar-refractivity contribution is 9.10. The molecule has 1 aromatic heterocycles. The maximum atomic E-state index is 8.87. The Balaban J connectivity index is 2.60. The van der Waals surface area contributed by atoms with E-state index in [1.165, 1.54) is 6.33 Å². The van der Waals surface area contributed by atoms with Crippen LogP contribution in [0.1, 0.15) is 6.42 Å². The molecule has 0 saturated heterocycles. The Kier molecular flexibility index (Phi) is 5.52. The molecule has 1 atom stereocenters. The zero-order chi connectivity index (χ0) is 11.1. The number of aliphatic hydroxyl groups excluding tert-OH is 1. The summed E-state index contributed by atoms with van der Waals surface area (Å²) >= 11 is 3.34. The molecule has 0 aromatic carbocycles. The van der Waals surface area contributed by atoms with Crippen LogP contribution >= 0.6 is 15.9 Å². The van der Waals surface area contributed by atoms with Crippen molar-refractivity contribution in [2.24, 2.45) is 0 Å². The topological polar surface area (TPSA) is 67.3 Å². The molecule has 0 fully saturated rings. The minimum Gasteiger partial charge on any atom is -0.396 e. The zero-order valence-corrected chi connectivity index (χ0v) is 10.1. The molecule has 0 amide bonds. The maximum Gasteiger partial charge on any atom is 0.144 e. The molecular weight excluding hydrogens is 262 g/mol. The van der Waals surface area contributed by atoms with E-state index in [-0.39, 0.29) is 12.6 Å². The Labute approximate surface area is 97.0 Å². The largest absolute Gasteiger partial charge is 0.396 e. The van der Waals surface area contributed by atoms with Crippen molar-refractivity contribution in [1.82, 2.24) is 9.97 Å². The average Bonchev–Trinajstić information content (AvgIpc) is 2.22. The molecule has 5 nitrogen and oxygen atoms in total. The lowest BCUT2D eigenvalue weighted by Crippen LogP contribution is -2.26. The van der Waals surface area contributed by atoms with E-state index in [1.807, 2.05) is 0 Å². The number of aliphatic hydroxyl groups is 1. The second-order valence-electron chi connectivity index (χ2n) is 3.03. The molecule has 0 aliphatic rings. The third-order valence-corrected chi connectivity index (χ3v) is 2.43. The summed E-state index contributed by atoms with van der Waals surface area (Å²) in [5.74, 6) is 0.709. The van der Waals surface area contributed by atoms with Crippen LogP contribution in [-0.2, 0) is 4.74 Å². The monoisotopic (exact) mass is 275 g/mol. The highest BCUT2D eigenvalue weighted by Gasteiger charge is 2.10. The van der Waals surface area contributed by atoms with Crippen LogP contribution < -0.4 is 5.32 Å². The molecule has 0 saturated carbocycles. The number of anilines is 1. The van der Waals surface area contributed by atoms with Gasteiger partial charge in [-0.2, -0.15) is 0 Å². The standard InChI is InChI=1S/C9H14BrN3O2/c1-15-5-7(2-3-14)13-9-8(10)4-11-6-12-9/h4,6-7,14H,2-3,5H2,1H3,(H,11,12,13). The van der Waals surface area contributed by atoms with Crippen LogP contribution in [0, 0.1) is 0 Å². The Morgan fingerprint density at radius 1 is 1.67 bits per heavy atom. The third-order valence-electron chi connectivity index (χ3n) is 1.85. The van der Waals surface area contributed by atoms with Crippen molar-refractivity contribution < 1.29 is 9.84 Å². The lowest BCUT2D eigenvalue weighted by molar-refractivity contribution is 0.170. The van der Waals surface area contributed by atoms with Gasteiger partial charge >= 0.3 is 0 Å². The highest BCUT2D eigenvalue weighted by Crippen LogP contribution is 2.18. The van der Waals surface area contributed by atoms with Gasteiger partial charge in [-0.15, -0.1) is 0 Å². The molecular formula is C9H14BrN3O2. The van der Waals surface area contributed by atoms with Crippen LogP contribution in [0.25, 0.3) is 0 Å². The van der Waals surface area contributed by atoms with Gasteiger partial charge in [-0.25, -0.2) is 9.97 Å². The van der Waals surface area contributed by atoms with Crippen LogP contribution in [0.15, 0.2) is 17.0 Å². The number of methoxy groups -OCH3 is 1. The van der Waals surface area contributed by atoms with Gasteiger partial charge in [0.1, 0.15) is 12.1 Å². The van der Waals surface area contributed by atoms with Gasteiger partial charge in [0, 0.05) is 19.9 Å². The second-order valence-corrected chi connectivity index (χ2v) is 3.88. The van der Waals surface area contributed by atoms with Gasteiger partial charge < -0.3 is 15.2 Å². The van der Waals surface area contributed by atoms with Crippen LogP contribution in [0.2, 0.25) is 0 Å². The SMILES string of the molecule is COCC(CCO)Nc1ncncc1Br. The molecule has 0 radical (unpaired) electrons. The Morgan fingerprint density at radius 3 is 3.07 bits per heavy atom. The van der Waals surface area contributed by atoms with Gasteiger partial charge in [0.2, 0.25) is 0 Å². The summed E-state index contributed by atoms with van der Waals surface area (Å²) < 4.78 is 5.83. The molecule has 84 valence electrons. The zero-order valence-electron chi connectivity index (χ0n) is 8.48. The summed E-state index contributed by atoms with van der Waals surface area (Å²) in [6.07, 6.45) is 3.75. The Morgan fingerprint density at radius 2 is 2.47 bits per heavy atom. The van der Waals surface area contributed by atoms with Crippen molar-refractivity contribution >= 4 is 21.7 Å². The summed E-state index contributed by atoms with van der Waals surface area (Å²) in [5, 5.41) is 12.0. The highest BCUT2D eigenvalue weighted by atomic mass is 79.9. The summed E-state index contributed by atoms with van der Waals surface area (Å²) in [6.45, 7) is 0.640. The minimum atomic E-state index is 0.0474. The molecule has 1 unspecified atom stereocenters. The van der Waals surface area contributed by atoms with E-state index in [0.29, 0.717) is 18.8 Å². The molecule has 2 N–H and O–H groups in total. The second kappa shape index (κ2) is 6.71. The van der Waals surface area contributed by atoms with Crippen molar-refractivity contribution in [3.05, 3.63) is 17.0 Å². The molecule has 0 bridgehead atoms. The Hall–Kier alpha value is -0.720. The fourth-order valence-electron chi connectivity index (χ4n) is 1.17. The van der Waals surface area contributed by atoms with Crippen molar-refractivity contribution in [3.8, 4) is 0 Å². The summed E-state index contributed by atoms with van der Waals surface area (Å²) in [4.78, 5) is 7.94. The molecule has 15 heavy (non-hydrogen) atoms. The maximum absolute atomic E-state index is 8.87. The first-order valence-electron chi connectivity index (χ1n) is 4.59. The van der Waals surface area contributed by atoms with Crippen molar-refractivity contribution in [2.75, 3.05) is 25.6 Å². The fourth-order valence-corrected chi connectivity index (χ4v) is 1.50. The van der Waals surface area contributed by atoms with Gasteiger partial charge in [0.05, 0.1) is 17.1 Å². The molecule has 0 spiro atoms. The van der Waals surface area contributed by atoms with E-state index in [0.717, 1.165) is 4.47 Å². The number of hydrogen-bond acceptors (Lipinski definition) is 5. The van der Waals surface area contributed by atoms with E-state index in [1.54, 1.807) is 13.3 Å². The first kappa shape index (κ1) is 12.4. The van der Waals surface area contributed by atoms with E-state index < -0.39 is 0 Å². The molecule has 6 heteroatoms. The van der Waals surface area contributed by atoms with E-state index in [9.17, 15) is 0 Å². The van der Waals surface area contributed by atoms with Crippen LogP contribution in [-0.4, -0.2) is 41.4 Å². The van der Waals surface area contributed by atoms with Gasteiger partial charge in [-0.1, -0.05) is 0 Å².